The zero-order chi connectivity index (χ0) is 26.1. The third-order valence-electron chi connectivity index (χ3n) is 6.57. The van der Waals surface area contributed by atoms with E-state index in [-0.39, 0.29) is 39.1 Å². The highest BCUT2D eigenvalue weighted by atomic mass is 32.1. The van der Waals surface area contributed by atoms with Gasteiger partial charge in [-0.15, -0.1) is 0 Å². The fourth-order valence-corrected chi connectivity index (χ4v) is 5.85. The molecule has 1 aliphatic carbocycles. The second kappa shape index (κ2) is 10.2. The van der Waals surface area contributed by atoms with E-state index in [0.717, 1.165) is 29.0 Å². The number of carbonyl (C=O) groups is 2. The first-order valence-corrected chi connectivity index (χ1v) is 12.1. The Balaban J connectivity index is 1.57. The van der Waals surface area contributed by atoms with Crippen LogP contribution in [0.3, 0.4) is 0 Å². The summed E-state index contributed by atoms with van der Waals surface area (Å²) in [5.41, 5.74) is 13.1. The van der Waals surface area contributed by atoms with Gasteiger partial charge in [0, 0.05) is 19.3 Å². The van der Waals surface area contributed by atoms with Crippen molar-refractivity contribution in [3.8, 4) is 10.6 Å². The summed E-state index contributed by atoms with van der Waals surface area (Å²) >= 11 is 0.814. The standard InChI is InChI=1S/C24H26F2N6O3S/c1-11-8-12(9-16(27)20(11)32(2)24(34)35)13-6-7-29-10-17(13)30-22(33)19-21(28)36-23(31-19)18-14(25)4-3-5-15(18)26/h3-7,10-12,16,20H,8-9,27-28H2,1-2H3,(H,30,33)(H,34,35)/t11-,12+,16-,20-/m1/s1. The van der Waals surface area contributed by atoms with E-state index in [9.17, 15) is 23.5 Å². The molecule has 2 amide bonds. The van der Waals surface area contributed by atoms with Crippen LogP contribution in [0.2, 0.25) is 0 Å². The number of nitrogen functional groups attached to an aromatic ring is 1. The summed E-state index contributed by atoms with van der Waals surface area (Å²) < 4.78 is 28.4. The Bertz CT molecular complexity index is 1270. The summed E-state index contributed by atoms with van der Waals surface area (Å²) in [6.07, 6.45) is 3.23. The van der Waals surface area contributed by atoms with Crippen molar-refractivity contribution in [2.24, 2.45) is 11.7 Å². The smallest absolute Gasteiger partial charge is 0.407 e. The van der Waals surface area contributed by atoms with Gasteiger partial charge in [-0.05, 0) is 48.4 Å². The van der Waals surface area contributed by atoms with Crippen molar-refractivity contribution in [2.75, 3.05) is 18.1 Å². The Morgan fingerprint density at radius 3 is 2.56 bits per heavy atom. The number of hydrogen-bond acceptors (Lipinski definition) is 7. The molecule has 0 radical (unpaired) electrons. The van der Waals surface area contributed by atoms with Crippen molar-refractivity contribution in [3.05, 3.63) is 59.6 Å². The molecule has 0 aliphatic heterocycles. The minimum Gasteiger partial charge on any atom is -0.465 e. The van der Waals surface area contributed by atoms with Gasteiger partial charge in [0.2, 0.25) is 0 Å². The zero-order valence-corrected chi connectivity index (χ0v) is 20.4. The summed E-state index contributed by atoms with van der Waals surface area (Å²) in [4.78, 5) is 34.0. The van der Waals surface area contributed by atoms with Crippen LogP contribution in [0.15, 0.2) is 36.7 Å². The molecule has 0 unspecified atom stereocenters. The summed E-state index contributed by atoms with van der Waals surface area (Å²) in [5.74, 6) is -2.33. The first-order valence-electron chi connectivity index (χ1n) is 11.3. The quantitative estimate of drug-likeness (QED) is 0.398. The van der Waals surface area contributed by atoms with E-state index < -0.39 is 29.7 Å². The van der Waals surface area contributed by atoms with E-state index in [2.05, 4.69) is 15.3 Å². The van der Waals surface area contributed by atoms with Crippen molar-refractivity contribution in [3.63, 3.8) is 0 Å². The van der Waals surface area contributed by atoms with Crippen LogP contribution in [0.5, 0.6) is 0 Å². The summed E-state index contributed by atoms with van der Waals surface area (Å²) in [6, 6.07) is 4.50. The number of rotatable bonds is 5. The lowest BCUT2D eigenvalue weighted by Gasteiger charge is -2.43. The van der Waals surface area contributed by atoms with Crippen LogP contribution in [0, 0.1) is 17.6 Å². The molecule has 2 heterocycles. The summed E-state index contributed by atoms with van der Waals surface area (Å²) in [6.45, 7) is 1.95. The largest absolute Gasteiger partial charge is 0.465 e. The van der Waals surface area contributed by atoms with Crippen LogP contribution in [0.25, 0.3) is 10.6 Å². The number of halogens is 2. The Kier molecular flexibility index (Phi) is 7.18. The second-order valence-corrected chi connectivity index (χ2v) is 9.97. The van der Waals surface area contributed by atoms with Crippen LogP contribution in [-0.4, -0.2) is 51.1 Å². The fraction of sp³-hybridized carbons (Fsp3) is 0.333. The lowest BCUT2D eigenvalue weighted by atomic mass is 9.73. The maximum atomic E-state index is 14.2. The predicted octanol–water partition coefficient (Wildman–Crippen LogP) is 4.14. The monoisotopic (exact) mass is 516 g/mol. The van der Waals surface area contributed by atoms with Crippen LogP contribution < -0.4 is 16.8 Å². The van der Waals surface area contributed by atoms with Crippen LogP contribution >= 0.6 is 11.3 Å². The average molecular weight is 517 g/mol. The molecule has 12 heteroatoms. The topological polar surface area (TPSA) is 147 Å². The van der Waals surface area contributed by atoms with Gasteiger partial charge in [0.15, 0.2) is 5.69 Å². The number of anilines is 2. The van der Waals surface area contributed by atoms with Crippen LogP contribution in [-0.2, 0) is 0 Å². The number of aromatic nitrogens is 2. The second-order valence-electron chi connectivity index (χ2n) is 8.94. The van der Waals surface area contributed by atoms with Crippen molar-refractivity contribution >= 4 is 34.0 Å². The molecule has 6 N–H and O–H groups in total. The van der Waals surface area contributed by atoms with E-state index in [1.165, 1.54) is 24.2 Å². The van der Waals surface area contributed by atoms with Gasteiger partial charge in [-0.25, -0.2) is 18.6 Å². The Hall–Kier alpha value is -3.64. The molecule has 1 aliphatic rings. The maximum absolute atomic E-state index is 14.2. The highest BCUT2D eigenvalue weighted by molar-refractivity contribution is 7.19. The van der Waals surface area contributed by atoms with Gasteiger partial charge < -0.3 is 26.8 Å². The van der Waals surface area contributed by atoms with Crippen LogP contribution in [0.4, 0.5) is 24.3 Å². The molecule has 0 saturated heterocycles. The molecule has 1 fully saturated rings. The van der Waals surface area contributed by atoms with Gasteiger partial charge in [0.05, 0.1) is 23.5 Å². The van der Waals surface area contributed by atoms with Gasteiger partial charge >= 0.3 is 6.09 Å². The summed E-state index contributed by atoms with van der Waals surface area (Å²) in [5, 5.41) is 12.1. The molecule has 36 heavy (non-hydrogen) atoms. The lowest BCUT2D eigenvalue weighted by molar-refractivity contribution is 0.0905. The Morgan fingerprint density at radius 1 is 1.22 bits per heavy atom. The zero-order valence-electron chi connectivity index (χ0n) is 19.6. The van der Waals surface area contributed by atoms with Gasteiger partial charge in [0.25, 0.3) is 5.91 Å². The highest BCUT2D eigenvalue weighted by Crippen LogP contribution is 2.40. The molecular weight excluding hydrogens is 490 g/mol. The summed E-state index contributed by atoms with van der Waals surface area (Å²) in [7, 11) is 1.52. The average Bonchev–Trinajstić information content (AvgIpc) is 3.19. The number of nitrogens with one attached hydrogen (secondary N) is 1. The maximum Gasteiger partial charge on any atom is 0.407 e. The number of nitrogens with zero attached hydrogens (tertiary/aromatic N) is 3. The van der Waals surface area contributed by atoms with Gasteiger partial charge in [-0.3, -0.25) is 9.78 Å². The minimum absolute atomic E-state index is 0.0171. The van der Waals surface area contributed by atoms with Crippen LogP contribution in [0.1, 0.15) is 41.7 Å². The molecule has 1 saturated carbocycles. The molecule has 3 aromatic rings. The molecule has 4 rings (SSSR count). The van der Waals surface area contributed by atoms with Gasteiger partial charge in [-0.1, -0.05) is 24.3 Å². The van der Waals surface area contributed by atoms with Crippen molar-refractivity contribution in [2.45, 2.75) is 37.8 Å². The molecule has 0 bridgehead atoms. The number of pyridine rings is 1. The molecule has 9 nitrogen and oxygen atoms in total. The number of nitrogens with two attached hydrogens (primary N) is 2. The third kappa shape index (κ3) is 4.86. The number of amides is 2. The van der Waals surface area contributed by atoms with Crippen molar-refractivity contribution in [1.29, 1.82) is 0 Å². The van der Waals surface area contributed by atoms with Gasteiger partial charge in [-0.2, -0.15) is 0 Å². The molecular formula is C24H26F2N6O3S. The van der Waals surface area contributed by atoms with E-state index in [4.69, 9.17) is 11.5 Å². The molecule has 4 atom stereocenters. The van der Waals surface area contributed by atoms with E-state index in [1.807, 2.05) is 6.92 Å². The number of hydrogen-bond donors (Lipinski definition) is 4. The van der Waals surface area contributed by atoms with Crippen molar-refractivity contribution in [1.82, 2.24) is 14.9 Å². The number of benzene rings is 1. The molecule has 2 aromatic heterocycles. The van der Waals surface area contributed by atoms with E-state index in [1.54, 1.807) is 12.3 Å². The lowest BCUT2D eigenvalue weighted by Crippen LogP contribution is -2.54. The number of thiazole rings is 1. The normalized spacial score (nSPS) is 21.7. The van der Waals surface area contributed by atoms with E-state index in [0.29, 0.717) is 18.5 Å². The van der Waals surface area contributed by atoms with E-state index >= 15 is 0 Å². The number of carbonyl (C=O) groups excluding carboxylic acids is 1. The van der Waals surface area contributed by atoms with Gasteiger partial charge in [0.1, 0.15) is 21.6 Å². The fourth-order valence-electron chi connectivity index (χ4n) is 4.98. The predicted molar refractivity (Wildman–Crippen MR) is 133 cm³/mol. The SMILES string of the molecule is C[C@@H]1C[C@H](c2ccncc2NC(=O)c2nc(-c3c(F)cccc3F)sc2N)C[C@@H](N)[C@@H]1N(C)C(=O)O. The molecule has 0 spiro atoms. The number of carboxylic acid groups (broad SMARTS) is 1. The molecule has 190 valence electrons. The van der Waals surface area contributed by atoms with Crippen molar-refractivity contribution < 1.29 is 23.5 Å². The first-order chi connectivity index (χ1) is 17.1. The Morgan fingerprint density at radius 2 is 1.92 bits per heavy atom. The Labute approximate surface area is 210 Å². The first kappa shape index (κ1) is 25.5. The highest BCUT2D eigenvalue weighted by Gasteiger charge is 2.39. The third-order valence-corrected chi connectivity index (χ3v) is 7.47. The minimum atomic E-state index is -1.03. The number of likely N-dealkylation sites (N-methyl/N-ethyl adjacent to an activating group) is 1. The molecule has 1 aromatic carbocycles.